The summed E-state index contributed by atoms with van der Waals surface area (Å²) in [5.41, 5.74) is -0.0987. The molecule has 0 aliphatic carbocycles. The van der Waals surface area contributed by atoms with E-state index in [0.29, 0.717) is 4.47 Å². The number of methoxy groups -OCH3 is 1. The van der Waals surface area contributed by atoms with E-state index in [4.69, 9.17) is 4.74 Å². The van der Waals surface area contributed by atoms with Crippen molar-refractivity contribution >= 4 is 22.0 Å². The van der Waals surface area contributed by atoms with Crippen LogP contribution in [-0.2, 0) is 11.3 Å². The van der Waals surface area contributed by atoms with Crippen LogP contribution in [-0.4, -0.2) is 18.3 Å². The molecule has 0 aromatic heterocycles. The zero-order valence-corrected chi connectivity index (χ0v) is 9.34. The predicted octanol–water partition coefficient (Wildman–Crippen LogP) is 2.14. The Morgan fingerprint density at radius 3 is 2.93 bits per heavy atom. The predicted molar refractivity (Wildman–Crippen MR) is 54.1 cm³/mol. The van der Waals surface area contributed by atoms with Crippen LogP contribution in [0.1, 0.15) is 5.56 Å². The number of ether oxygens (including phenoxy) is 1. The lowest BCUT2D eigenvalue weighted by atomic mass is 10.1. The molecule has 15 heavy (non-hydrogen) atoms. The van der Waals surface area contributed by atoms with Gasteiger partial charge in [0.15, 0.2) is 11.5 Å². The molecule has 0 aliphatic heterocycles. The second-order valence-corrected chi connectivity index (χ2v) is 3.46. The van der Waals surface area contributed by atoms with Gasteiger partial charge in [0.1, 0.15) is 5.82 Å². The van der Waals surface area contributed by atoms with E-state index in [1.165, 1.54) is 13.2 Å². The summed E-state index contributed by atoms with van der Waals surface area (Å²) in [5, 5.41) is 9.59. The van der Waals surface area contributed by atoms with Crippen LogP contribution < -0.4 is 4.74 Å². The molecule has 0 unspecified atom stereocenters. The highest BCUT2D eigenvalue weighted by molar-refractivity contribution is 9.10. The maximum Gasteiger partial charge on any atom is 0.235 e. The number of halogens is 2. The third-order valence-corrected chi connectivity index (χ3v) is 2.35. The van der Waals surface area contributed by atoms with Gasteiger partial charge < -0.3 is 9.84 Å². The molecule has 4 nitrogen and oxygen atoms in total. The zero-order chi connectivity index (χ0) is 11.4. The Balaban J connectivity index is 3.31. The first-order valence-corrected chi connectivity index (χ1v) is 4.68. The van der Waals surface area contributed by atoms with Crippen molar-refractivity contribution in [2.24, 2.45) is 4.99 Å². The van der Waals surface area contributed by atoms with Gasteiger partial charge in [-0.3, -0.25) is 0 Å². The monoisotopic (exact) mass is 275 g/mol. The average molecular weight is 276 g/mol. The van der Waals surface area contributed by atoms with Gasteiger partial charge in [0.2, 0.25) is 6.08 Å². The zero-order valence-electron chi connectivity index (χ0n) is 7.75. The molecule has 0 saturated heterocycles. The topological polar surface area (TPSA) is 58.9 Å². The van der Waals surface area contributed by atoms with Gasteiger partial charge in [-0.2, -0.15) is 0 Å². The van der Waals surface area contributed by atoms with Gasteiger partial charge in [-0.15, -0.1) is 0 Å². The van der Waals surface area contributed by atoms with Gasteiger partial charge >= 0.3 is 0 Å². The summed E-state index contributed by atoms with van der Waals surface area (Å²) in [6, 6.07) is 1.13. The van der Waals surface area contributed by atoms with Gasteiger partial charge in [-0.25, -0.2) is 14.2 Å². The number of aliphatic imine (C=N–C) groups is 1. The maximum absolute atomic E-state index is 13.3. The Hall–Kier alpha value is -1.39. The number of aromatic hydroxyl groups is 1. The molecule has 1 aromatic carbocycles. The van der Waals surface area contributed by atoms with E-state index in [9.17, 15) is 14.3 Å². The number of phenols is 1. The molecule has 1 N–H and O–H groups in total. The summed E-state index contributed by atoms with van der Waals surface area (Å²) in [7, 11) is 1.34. The first kappa shape index (κ1) is 11.7. The molecule has 0 bridgehead atoms. The molecule has 0 amide bonds. The van der Waals surface area contributed by atoms with Crippen molar-refractivity contribution in [3.05, 3.63) is 21.9 Å². The third-order valence-electron chi connectivity index (χ3n) is 1.77. The molecule has 0 saturated carbocycles. The maximum atomic E-state index is 13.3. The van der Waals surface area contributed by atoms with Crippen LogP contribution in [0.3, 0.4) is 0 Å². The normalized spacial score (nSPS) is 9.53. The molecule has 0 atom stereocenters. The minimum absolute atomic E-state index is 0.0987. The minimum Gasteiger partial charge on any atom is -0.504 e. The van der Waals surface area contributed by atoms with E-state index in [1.54, 1.807) is 0 Å². The van der Waals surface area contributed by atoms with E-state index >= 15 is 0 Å². The number of phenolic OH excluding ortho intramolecular Hbond substituents is 1. The highest BCUT2D eigenvalue weighted by atomic mass is 79.9. The smallest absolute Gasteiger partial charge is 0.235 e. The van der Waals surface area contributed by atoms with Gasteiger partial charge in [-0.1, -0.05) is 0 Å². The van der Waals surface area contributed by atoms with E-state index in [-0.39, 0.29) is 23.6 Å². The van der Waals surface area contributed by atoms with Gasteiger partial charge in [-0.05, 0) is 22.0 Å². The van der Waals surface area contributed by atoms with E-state index < -0.39 is 5.82 Å². The third kappa shape index (κ3) is 2.34. The van der Waals surface area contributed by atoms with E-state index in [1.807, 2.05) is 0 Å². The second kappa shape index (κ2) is 4.91. The molecule has 6 heteroatoms. The number of isocyanates is 1. The number of benzene rings is 1. The van der Waals surface area contributed by atoms with Crippen LogP contribution in [0.5, 0.6) is 11.5 Å². The van der Waals surface area contributed by atoms with Crippen molar-refractivity contribution in [3.63, 3.8) is 0 Å². The summed E-state index contributed by atoms with van der Waals surface area (Å²) in [6.45, 7) is -0.273. The fraction of sp³-hybridized carbons (Fsp3) is 0.222. The number of hydrogen-bond acceptors (Lipinski definition) is 4. The van der Waals surface area contributed by atoms with Crippen molar-refractivity contribution in [2.75, 3.05) is 7.11 Å². The fourth-order valence-corrected chi connectivity index (χ4v) is 1.63. The molecule has 80 valence electrons. The molecular weight excluding hydrogens is 269 g/mol. The average Bonchev–Trinajstić information content (AvgIpc) is 2.17. The number of carbonyl (C=O) groups excluding carboxylic acids is 1. The Morgan fingerprint density at radius 1 is 1.73 bits per heavy atom. The largest absolute Gasteiger partial charge is 0.504 e. The van der Waals surface area contributed by atoms with Crippen LogP contribution >= 0.6 is 15.9 Å². The summed E-state index contributed by atoms with van der Waals surface area (Å²) >= 11 is 3.03. The lowest BCUT2D eigenvalue weighted by Crippen LogP contribution is -1.94. The van der Waals surface area contributed by atoms with E-state index in [0.717, 1.165) is 6.07 Å². The standard InChI is InChI=1S/C9H7BrFNO3/c1-15-9-6(10)2-7(11)5(8(9)14)3-12-4-13/h2,14H,3H2,1H3. The molecule has 0 fully saturated rings. The van der Waals surface area contributed by atoms with Crippen molar-refractivity contribution in [1.82, 2.24) is 0 Å². The Labute approximate surface area is 93.5 Å². The molecule has 0 radical (unpaired) electrons. The van der Waals surface area contributed by atoms with Crippen LogP contribution in [0.25, 0.3) is 0 Å². The first-order valence-electron chi connectivity index (χ1n) is 3.89. The Bertz CT molecular complexity index is 430. The SMILES string of the molecule is COc1c(Br)cc(F)c(CN=C=O)c1O. The van der Waals surface area contributed by atoms with Crippen molar-refractivity contribution < 1.29 is 19.0 Å². The second-order valence-electron chi connectivity index (χ2n) is 2.61. The summed E-state index contributed by atoms with van der Waals surface area (Å²) in [6.07, 6.45) is 1.27. The lowest BCUT2D eigenvalue weighted by molar-refractivity contribution is 0.364. The van der Waals surface area contributed by atoms with Crippen LogP contribution in [0.4, 0.5) is 4.39 Å². The highest BCUT2D eigenvalue weighted by Gasteiger charge is 2.16. The molecule has 1 rings (SSSR count). The van der Waals surface area contributed by atoms with E-state index in [2.05, 4.69) is 20.9 Å². The molecule has 0 spiro atoms. The fourth-order valence-electron chi connectivity index (χ4n) is 1.08. The summed E-state index contributed by atoms with van der Waals surface area (Å²) in [5.74, 6) is -0.935. The van der Waals surface area contributed by atoms with Gasteiger partial charge in [0, 0.05) is 0 Å². The number of rotatable bonds is 3. The lowest BCUT2D eigenvalue weighted by Gasteiger charge is -2.09. The van der Waals surface area contributed by atoms with Crippen LogP contribution in [0, 0.1) is 5.82 Å². The Morgan fingerprint density at radius 2 is 2.40 bits per heavy atom. The molecular formula is C9H7BrFNO3. The highest BCUT2D eigenvalue weighted by Crippen LogP contribution is 2.38. The van der Waals surface area contributed by atoms with Crippen LogP contribution in [0.2, 0.25) is 0 Å². The molecule has 1 aromatic rings. The molecule has 0 heterocycles. The molecule has 0 aliphatic rings. The summed E-state index contributed by atoms with van der Waals surface area (Å²) in [4.78, 5) is 13.1. The Kier molecular flexibility index (Phi) is 3.82. The number of hydrogen-bond donors (Lipinski definition) is 1. The van der Waals surface area contributed by atoms with Gasteiger partial charge in [0.05, 0.1) is 23.7 Å². The van der Waals surface area contributed by atoms with Crippen molar-refractivity contribution in [3.8, 4) is 11.5 Å². The summed E-state index contributed by atoms with van der Waals surface area (Å²) < 4.78 is 18.5. The minimum atomic E-state index is -0.667. The van der Waals surface area contributed by atoms with Crippen molar-refractivity contribution in [2.45, 2.75) is 6.54 Å². The first-order chi connectivity index (χ1) is 7.11. The quantitative estimate of drug-likeness (QED) is 0.679. The number of nitrogens with zero attached hydrogens (tertiary/aromatic N) is 1. The van der Waals surface area contributed by atoms with Gasteiger partial charge in [0.25, 0.3) is 0 Å². The van der Waals surface area contributed by atoms with Crippen LogP contribution in [0.15, 0.2) is 15.5 Å². The van der Waals surface area contributed by atoms with Crippen molar-refractivity contribution in [1.29, 1.82) is 0 Å².